The van der Waals surface area contributed by atoms with Gasteiger partial charge in [-0.15, -0.1) is 0 Å². The lowest BCUT2D eigenvalue weighted by Gasteiger charge is -2.23. The summed E-state index contributed by atoms with van der Waals surface area (Å²) in [5, 5.41) is 6.08. The van der Waals surface area contributed by atoms with Crippen LogP contribution in [0, 0.1) is 0 Å². The summed E-state index contributed by atoms with van der Waals surface area (Å²) in [6.07, 6.45) is 1.76. The number of amides is 1. The Balaban J connectivity index is 2.73. The van der Waals surface area contributed by atoms with Crippen LogP contribution >= 0.6 is 0 Å². The quantitative estimate of drug-likeness (QED) is 0.789. The van der Waals surface area contributed by atoms with Gasteiger partial charge >= 0.3 is 0 Å². The van der Waals surface area contributed by atoms with Crippen LogP contribution in [0.3, 0.4) is 0 Å². The van der Waals surface area contributed by atoms with Crippen molar-refractivity contribution in [3.05, 3.63) is 18.3 Å². The lowest BCUT2D eigenvalue weighted by Crippen LogP contribution is -2.40. The Kier molecular flexibility index (Phi) is 6.12. The van der Waals surface area contributed by atoms with Crippen molar-refractivity contribution >= 4 is 17.4 Å². The number of pyridine rings is 1. The van der Waals surface area contributed by atoms with Crippen molar-refractivity contribution in [3.63, 3.8) is 0 Å². The maximum absolute atomic E-state index is 11.8. The van der Waals surface area contributed by atoms with E-state index in [2.05, 4.69) is 15.6 Å². The molecule has 5 heteroatoms. The van der Waals surface area contributed by atoms with Gasteiger partial charge in [0.2, 0.25) is 5.91 Å². The van der Waals surface area contributed by atoms with Crippen LogP contribution in [0.25, 0.3) is 0 Å². The van der Waals surface area contributed by atoms with Crippen LogP contribution in [0.4, 0.5) is 11.5 Å². The highest BCUT2D eigenvalue weighted by Gasteiger charge is 2.11. The van der Waals surface area contributed by atoms with Gasteiger partial charge in [-0.1, -0.05) is 0 Å². The van der Waals surface area contributed by atoms with Gasteiger partial charge in [0.25, 0.3) is 0 Å². The number of likely N-dealkylation sites (N-methyl/N-ethyl adjacent to an activating group) is 1. The van der Waals surface area contributed by atoms with Crippen LogP contribution in [0.2, 0.25) is 0 Å². The Morgan fingerprint density at radius 1 is 1.42 bits per heavy atom. The average molecular weight is 264 g/mol. The molecule has 0 saturated carbocycles. The zero-order chi connectivity index (χ0) is 14.3. The maximum Gasteiger partial charge on any atom is 0.239 e. The molecular formula is C14H24N4O. The predicted octanol–water partition coefficient (Wildman–Crippen LogP) is 1.86. The molecular weight excluding hydrogens is 240 g/mol. The molecule has 19 heavy (non-hydrogen) atoms. The molecule has 0 aliphatic carbocycles. The fourth-order valence-electron chi connectivity index (χ4n) is 1.82. The van der Waals surface area contributed by atoms with Crippen molar-refractivity contribution in [2.75, 3.05) is 29.9 Å². The van der Waals surface area contributed by atoms with E-state index in [0.29, 0.717) is 6.54 Å². The van der Waals surface area contributed by atoms with Gasteiger partial charge in [0.1, 0.15) is 5.82 Å². The van der Waals surface area contributed by atoms with Crippen LogP contribution in [0.5, 0.6) is 0 Å². The van der Waals surface area contributed by atoms with Gasteiger partial charge in [-0.3, -0.25) is 4.79 Å². The minimum absolute atomic E-state index is 0.0404. The van der Waals surface area contributed by atoms with Crippen molar-refractivity contribution < 1.29 is 4.79 Å². The lowest BCUT2D eigenvalue weighted by atomic mass is 10.3. The van der Waals surface area contributed by atoms with E-state index in [0.717, 1.165) is 24.6 Å². The van der Waals surface area contributed by atoms with Crippen LogP contribution in [0.15, 0.2) is 18.3 Å². The number of anilines is 2. The maximum atomic E-state index is 11.8. The lowest BCUT2D eigenvalue weighted by molar-refractivity contribution is -0.120. The number of carbonyl (C=O) groups excluding carboxylic acids is 1. The predicted molar refractivity (Wildman–Crippen MR) is 79.6 cm³/mol. The second-order valence-corrected chi connectivity index (χ2v) is 4.67. The van der Waals surface area contributed by atoms with E-state index in [4.69, 9.17) is 0 Å². The van der Waals surface area contributed by atoms with E-state index in [9.17, 15) is 4.79 Å². The Bertz CT molecular complexity index is 406. The van der Waals surface area contributed by atoms with E-state index in [1.807, 2.05) is 44.7 Å². The summed E-state index contributed by atoms with van der Waals surface area (Å²) < 4.78 is 0. The molecule has 1 amide bonds. The third-order valence-corrected chi connectivity index (χ3v) is 2.63. The van der Waals surface area contributed by atoms with E-state index < -0.39 is 0 Å². The first-order valence-corrected chi connectivity index (χ1v) is 6.81. The molecule has 1 aromatic heterocycles. The summed E-state index contributed by atoms with van der Waals surface area (Å²) >= 11 is 0. The number of nitrogens with one attached hydrogen (secondary N) is 2. The molecule has 0 aliphatic rings. The summed E-state index contributed by atoms with van der Waals surface area (Å²) in [7, 11) is 0. The van der Waals surface area contributed by atoms with Crippen LogP contribution in [-0.4, -0.2) is 36.6 Å². The number of nitrogens with zero attached hydrogens (tertiary/aromatic N) is 2. The van der Waals surface area contributed by atoms with E-state index >= 15 is 0 Å². The Labute approximate surface area is 115 Å². The highest BCUT2D eigenvalue weighted by atomic mass is 16.2. The van der Waals surface area contributed by atoms with Gasteiger partial charge < -0.3 is 15.5 Å². The average Bonchev–Trinajstić information content (AvgIpc) is 2.36. The molecule has 0 radical (unpaired) electrons. The molecule has 1 aromatic rings. The largest absolute Gasteiger partial charge is 0.370 e. The van der Waals surface area contributed by atoms with Gasteiger partial charge in [0.05, 0.1) is 6.54 Å². The molecule has 0 unspecified atom stereocenters. The topological polar surface area (TPSA) is 57.3 Å². The normalized spacial score (nSPS) is 10.4. The van der Waals surface area contributed by atoms with Crippen LogP contribution in [-0.2, 0) is 4.79 Å². The molecule has 1 heterocycles. The molecule has 0 atom stereocenters. The molecule has 0 aromatic carbocycles. The summed E-state index contributed by atoms with van der Waals surface area (Å²) in [4.78, 5) is 18.1. The van der Waals surface area contributed by atoms with Crippen molar-refractivity contribution in [1.29, 1.82) is 0 Å². The first kappa shape index (κ1) is 15.3. The Morgan fingerprint density at radius 3 is 2.74 bits per heavy atom. The molecule has 1 rings (SSSR count). The van der Waals surface area contributed by atoms with Crippen molar-refractivity contribution in [2.24, 2.45) is 0 Å². The number of hydrogen-bond acceptors (Lipinski definition) is 4. The van der Waals surface area contributed by atoms with E-state index in [1.165, 1.54) is 0 Å². The highest BCUT2D eigenvalue weighted by Crippen LogP contribution is 2.16. The zero-order valence-corrected chi connectivity index (χ0v) is 12.2. The van der Waals surface area contributed by atoms with Crippen LogP contribution < -0.4 is 15.5 Å². The number of carbonyl (C=O) groups is 1. The van der Waals surface area contributed by atoms with Crippen molar-refractivity contribution in [2.45, 2.75) is 33.7 Å². The molecule has 0 bridgehead atoms. The summed E-state index contributed by atoms with van der Waals surface area (Å²) in [5.41, 5.74) is 1.01. The molecule has 0 fully saturated rings. The molecule has 0 spiro atoms. The Hall–Kier alpha value is -1.78. The molecule has 2 N–H and O–H groups in total. The van der Waals surface area contributed by atoms with Gasteiger partial charge in [0, 0.05) is 37.1 Å². The summed E-state index contributed by atoms with van der Waals surface area (Å²) in [6, 6.07) is 4.06. The monoisotopic (exact) mass is 264 g/mol. The zero-order valence-electron chi connectivity index (χ0n) is 12.2. The van der Waals surface area contributed by atoms with Gasteiger partial charge in [-0.05, 0) is 33.8 Å². The van der Waals surface area contributed by atoms with Crippen molar-refractivity contribution in [3.8, 4) is 0 Å². The Morgan fingerprint density at radius 2 is 2.16 bits per heavy atom. The van der Waals surface area contributed by atoms with Gasteiger partial charge in [-0.2, -0.15) is 0 Å². The first-order valence-electron chi connectivity index (χ1n) is 6.81. The summed E-state index contributed by atoms with van der Waals surface area (Å²) in [6.45, 7) is 9.97. The third kappa shape index (κ3) is 5.16. The first-order chi connectivity index (χ1) is 9.06. The second kappa shape index (κ2) is 7.61. The molecule has 0 saturated heterocycles. The second-order valence-electron chi connectivity index (χ2n) is 4.67. The van der Waals surface area contributed by atoms with Crippen LogP contribution in [0.1, 0.15) is 27.7 Å². The van der Waals surface area contributed by atoms with E-state index in [-0.39, 0.29) is 11.9 Å². The number of rotatable bonds is 7. The minimum atomic E-state index is 0.0404. The number of hydrogen-bond donors (Lipinski definition) is 2. The fourth-order valence-corrected chi connectivity index (χ4v) is 1.82. The third-order valence-electron chi connectivity index (χ3n) is 2.63. The van der Waals surface area contributed by atoms with E-state index in [1.54, 1.807) is 6.20 Å². The summed E-state index contributed by atoms with van der Waals surface area (Å²) in [5.74, 6) is 0.876. The molecule has 106 valence electrons. The van der Waals surface area contributed by atoms with Crippen molar-refractivity contribution in [1.82, 2.24) is 10.3 Å². The van der Waals surface area contributed by atoms with Gasteiger partial charge in [0.15, 0.2) is 0 Å². The SMILES string of the molecule is CCNc1cc(N(CC)CC(=O)NC(C)C)ccn1. The fraction of sp³-hybridized carbons (Fsp3) is 0.571. The number of aromatic nitrogens is 1. The smallest absolute Gasteiger partial charge is 0.239 e. The standard InChI is InChI=1S/C14H24N4O/c1-5-15-13-9-12(7-8-16-13)18(6-2)10-14(19)17-11(3)4/h7-9,11H,5-6,10H2,1-4H3,(H,15,16)(H,17,19). The minimum Gasteiger partial charge on any atom is -0.370 e. The highest BCUT2D eigenvalue weighted by molar-refractivity contribution is 5.81. The molecule has 0 aliphatic heterocycles. The van der Waals surface area contributed by atoms with Gasteiger partial charge in [-0.25, -0.2) is 4.98 Å². The molecule has 5 nitrogen and oxygen atoms in total.